The molecule has 1 aliphatic rings. The Kier molecular flexibility index (Phi) is 6.96. The van der Waals surface area contributed by atoms with Crippen LogP contribution in [0.4, 0.5) is 32.2 Å². The number of methoxy groups -OCH3 is 1. The molecule has 6 rings (SSSR count). The predicted molar refractivity (Wildman–Crippen MR) is 146 cm³/mol. The molecule has 4 heterocycles. The van der Waals surface area contributed by atoms with Gasteiger partial charge in [-0.1, -0.05) is 12.1 Å². The molecule has 0 bridgehead atoms. The number of rotatable bonds is 7. The van der Waals surface area contributed by atoms with Crippen LogP contribution in [-0.2, 0) is 13.2 Å². The van der Waals surface area contributed by atoms with E-state index < -0.39 is 24.1 Å². The van der Waals surface area contributed by atoms with E-state index in [1.807, 2.05) is 0 Å². The number of hydrogen-bond acceptors (Lipinski definition) is 8. The molecule has 0 amide bonds. The second kappa shape index (κ2) is 10.4. The minimum absolute atomic E-state index is 0.0950. The molecule has 10 nitrogen and oxygen atoms in total. The van der Waals surface area contributed by atoms with Crippen molar-refractivity contribution in [3.8, 4) is 23.0 Å². The fraction of sp³-hybridized carbons (Fsp3) is 0.357. The lowest BCUT2D eigenvalue weighted by molar-refractivity contribution is -0.149. The summed E-state index contributed by atoms with van der Waals surface area (Å²) in [4.78, 5) is 18.7. The first-order chi connectivity index (χ1) is 20.8. The number of nitrogens with zero attached hydrogens (tertiary/aromatic N) is 9. The van der Waals surface area contributed by atoms with Gasteiger partial charge < -0.3 is 9.64 Å². The quantitative estimate of drug-likeness (QED) is 0.207. The molecule has 1 fully saturated rings. The van der Waals surface area contributed by atoms with Crippen LogP contribution in [0.2, 0.25) is 0 Å². The van der Waals surface area contributed by atoms with Crippen molar-refractivity contribution in [3.63, 3.8) is 0 Å². The topological polar surface area (TPSA) is 99.7 Å². The number of fused-ring (bicyclic) bond motifs is 1. The standard InChI is InChI=1S/C28H25F6N9O/c1-14-11-19(27(29,30)31)39-43(14)17-9-7-16(8-10-17)23(28(32,33)34)42(3)25-22-18(12-41(2)40-22)37-24(38-25)20-21(15-5-6-15)35-13-36-26(20)44-4/h7-13,15,23H,5-6H2,1-4H3/t23-/m1/s1. The van der Waals surface area contributed by atoms with Crippen molar-refractivity contribution in [2.24, 2.45) is 7.05 Å². The summed E-state index contributed by atoms with van der Waals surface area (Å²) in [6.07, 6.45) is -4.75. The van der Waals surface area contributed by atoms with Crippen molar-refractivity contribution in [2.45, 2.75) is 44.1 Å². The highest BCUT2D eigenvalue weighted by Crippen LogP contribution is 2.46. The van der Waals surface area contributed by atoms with Crippen molar-refractivity contribution in [2.75, 3.05) is 19.1 Å². The van der Waals surface area contributed by atoms with Crippen LogP contribution in [0.15, 0.2) is 42.9 Å². The van der Waals surface area contributed by atoms with Gasteiger partial charge in [-0.25, -0.2) is 24.6 Å². The van der Waals surface area contributed by atoms with E-state index in [0.717, 1.165) is 28.5 Å². The summed E-state index contributed by atoms with van der Waals surface area (Å²) in [6.45, 7) is 1.43. The summed E-state index contributed by atoms with van der Waals surface area (Å²) in [5, 5.41) is 7.92. The van der Waals surface area contributed by atoms with Crippen LogP contribution < -0.4 is 9.64 Å². The molecule has 44 heavy (non-hydrogen) atoms. The van der Waals surface area contributed by atoms with Crippen LogP contribution in [0.25, 0.3) is 28.1 Å². The lowest BCUT2D eigenvalue weighted by Crippen LogP contribution is -2.36. The Labute approximate surface area is 246 Å². The lowest BCUT2D eigenvalue weighted by Gasteiger charge is -2.31. The van der Waals surface area contributed by atoms with Crippen molar-refractivity contribution in [1.29, 1.82) is 0 Å². The van der Waals surface area contributed by atoms with Crippen molar-refractivity contribution < 1.29 is 31.1 Å². The summed E-state index contributed by atoms with van der Waals surface area (Å²) in [5.74, 6) is 0.327. The number of aromatic nitrogens is 8. The Balaban J connectivity index is 1.45. The highest BCUT2D eigenvalue weighted by Gasteiger charge is 2.45. The Hall–Kier alpha value is -4.76. The third-order valence-corrected chi connectivity index (χ3v) is 7.34. The molecule has 16 heteroatoms. The smallest absolute Gasteiger partial charge is 0.435 e. The average Bonchev–Trinajstić information content (AvgIpc) is 3.62. The van der Waals surface area contributed by atoms with E-state index in [2.05, 4.69) is 30.1 Å². The minimum atomic E-state index is -4.79. The van der Waals surface area contributed by atoms with Crippen molar-refractivity contribution in [1.82, 2.24) is 39.5 Å². The van der Waals surface area contributed by atoms with Crippen LogP contribution >= 0.6 is 0 Å². The van der Waals surface area contributed by atoms with Crippen molar-refractivity contribution >= 4 is 16.9 Å². The number of anilines is 1. The van der Waals surface area contributed by atoms with Crippen LogP contribution in [0.3, 0.4) is 0 Å². The first kappa shape index (κ1) is 29.3. The summed E-state index contributed by atoms with van der Waals surface area (Å²) < 4.78 is 91.8. The SMILES string of the molecule is COc1ncnc(C2CC2)c1-c1nc(N(C)[C@H](c2ccc(-n3nc(C(F)(F)F)cc3C)cc2)C(F)(F)F)c2nn(C)cc2n1. The number of ether oxygens (including phenoxy) is 1. The molecule has 0 radical (unpaired) electrons. The van der Waals surface area contributed by atoms with Gasteiger partial charge in [-0.15, -0.1) is 0 Å². The molecule has 0 saturated heterocycles. The molecule has 1 saturated carbocycles. The van der Waals surface area contributed by atoms with E-state index in [-0.39, 0.29) is 45.9 Å². The highest BCUT2D eigenvalue weighted by molar-refractivity contribution is 5.88. The average molecular weight is 618 g/mol. The Bertz CT molecular complexity index is 1840. The maximum atomic E-state index is 14.8. The Morgan fingerprint density at radius 1 is 1.00 bits per heavy atom. The molecule has 0 spiro atoms. The first-order valence-corrected chi connectivity index (χ1v) is 13.4. The Morgan fingerprint density at radius 2 is 1.70 bits per heavy atom. The van der Waals surface area contributed by atoms with E-state index in [1.165, 1.54) is 56.4 Å². The van der Waals surface area contributed by atoms with Crippen LogP contribution in [-0.4, -0.2) is 59.8 Å². The highest BCUT2D eigenvalue weighted by atomic mass is 19.4. The molecule has 230 valence electrons. The molecule has 0 aliphatic heterocycles. The second-order valence-electron chi connectivity index (χ2n) is 10.6. The van der Waals surface area contributed by atoms with E-state index in [4.69, 9.17) is 4.74 Å². The van der Waals surface area contributed by atoms with Gasteiger partial charge in [0, 0.05) is 25.7 Å². The fourth-order valence-corrected chi connectivity index (χ4v) is 5.21. The third kappa shape index (κ3) is 5.28. The zero-order valence-corrected chi connectivity index (χ0v) is 23.8. The molecular weight excluding hydrogens is 592 g/mol. The summed E-state index contributed by atoms with van der Waals surface area (Å²) in [7, 11) is 4.30. The Morgan fingerprint density at radius 3 is 2.30 bits per heavy atom. The molecule has 1 aliphatic carbocycles. The van der Waals surface area contributed by atoms with Gasteiger partial charge in [0.05, 0.1) is 24.7 Å². The van der Waals surface area contributed by atoms with E-state index in [1.54, 1.807) is 13.2 Å². The zero-order valence-electron chi connectivity index (χ0n) is 23.8. The first-order valence-electron chi connectivity index (χ1n) is 13.4. The number of halogens is 6. The molecule has 4 aromatic heterocycles. The van der Waals surface area contributed by atoms with Gasteiger partial charge in [0.1, 0.15) is 17.4 Å². The lowest BCUT2D eigenvalue weighted by atomic mass is 10.0. The molecule has 1 aromatic carbocycles. The van der Waals surface area contributed by atoms with Crippen LogP contribution in [0, 0.1) is 6.92 Å². The molecule has 0 unspecified atom stereocenters. The second-order valence-corrected chi connectivity index (χ2v) is 10.6. The summed E-state index contributed by atoms with van der Waals surface area (Å²) >= 11 is 0. The van der Waals surface area contributed by atoms with E-state index >= 15 is 0 Å². The van der Waals surface area contributed by atoms with Gasteiger partial charge in [-0.2, -0.15) is 36.5 Å². The maximum absolute atomic E-state index is 14.8. The number of benzene rings is 1. The zero-order chi connectivity index (χ0) is 31.6. The van der Waals surface area contributed by atoms with Gasteiger partial charge in [-0.05, 0) is 43.5 Å². The largest absolute Gasteiger partial charge is 0.480 e. The monoisotopic (exact) mass is 617 g/mol. The summed E-state index contributed by atoms with van der Waals surface area (Å²) in [5.41, 5.74) is 0.567. The molecular formula is C28H25F6N9O. The van der Waals surface area contributed by atoms with Gasteiger partial charge in [-0.3, -0.25) is 4.68 Å². The van der Waals surface area contributed by atoms with Crippen LogP contribution in [0.1, 0.15) is 47.4 Å². The number of aryl methyl sites for hydroxylation is 2. The van der Waals surface area contributed by atoms with Crippen LogP contribution in [0.5, 0.6) is 5.88 Å². The fourth-order valence-electron chi connectivity index (χ4n) is 5.21. The predicted octanol–water partition coefficient (Wildman–Crippen LogP) is 5.96. The molecule has 1 atom stereocenters. The van der Waals surface area contributed by atoms with Crippen molar-refractivity contribution in [3.05, 3.63) is 65.5 Å². The van der Waals surface area contributed by atoms with Gasteiger partial charge in [0.15, 0.2) is 28.9 Å². The van der Waals surface area contributed by atoms with Gasteiger partial charge >= 0.3 is 12.4 Å². The number of alkyl halides is 6. The van der Waals surface area contributed by atoms with Gasteiger partial charge in [0.2, 0.25) is 5.88 Å². The van der Waals surface area contributed by atoms with E-state index in [9.17, 15) is 26.3 Å². The minimum Gasteiger partial charge on any atom is -0.480 e. The molecule has 5 aromatic rings. The summed E-state index contributed by atoms with van der Waals surface area (Å²) in [6, 6.07) is 3.65. The third-order valence-electron chi connectivity index (χ3n) is 7.34. The van der Waals surface area contributed by atoms with Gasteiger partial charge in [0.25, 0.3) is 0 Å². The number of hydrogen-bond donors (Lipinski definition) is 0. The normalized spacial score (nSPS) is 14.7. The molecule has 0 N–H and O–H groups in total. The van der Waals surface area contributed by atoms with E-state index in [0.29, 0.717) is 16.8 Å². The maximum Gasteiger partial charge on any atom is 0.435 e.